The second-order valence-electron chi connectivity index (χ2n) is 4.73. The van der Waals surface area contributed by atoms with Gasteiger partial charge >= 0.3 is 0 Å². The van der Waals surface area contributed by atoms with Crippen LogP contribution in [0.4, 0.5) is 0 Å². The van der Waals surface area contributed by atoms with E-state index in [1.807, 2.05) is 43.3 Å². The number of hydrogen-bond donors (Lipinski definition) is 0. The van der Waals surface area contributed by atoms with Crippen LogP contribution < -0.4 is 0 Å². The molecule has 0 saturated heterocycles. The highest BCUT2D eigenvalue weighted by molar-refractivity contribution is 5.95. The Morgan fingerprint density at radius 1 is 1.21 bits per heavy atom. The van der Waals surface area contributed by atoms with Gasteiger partial charge in [-0.1, -0.05) is 38.1 Å². The number of carbonyl (C=O) groups is 1. The fraction of sp³-hybridized carbons (Fsp3) is 0.312. The molecule has 0 bridgehead atoms. The number of Topliss-reactive ketones (excluding diaryl/α,β-unsaturated/α-hetero) is 1. The van der Waals surface area contributed by atoms with Crippen LogP contribution in [0.3, 0.4) is 0 Å². The highest BCUT2D eigenvalue weighted by Gasteiger charge is 2.09. The van der Waals surface area contributed by atoms with Gasteiger partial charge in [-0.15, -0.1) is 0 Å². The maximum Gasteiger partial charge on any atom is 0.162 e. The van der Waals surface area contributed by atoms with Crippen molar-refractivity contribution in [2.45, 2.75) is 32.6 Å². The summed E-state index contributed by atoms with van der Waals surface area (Å²) in [6.45, 7) is 4.02. The zero-order chi connectivity index (χ0) is 13.7. The molecule has 19 heavy (non-hydrogen) atoms. The molecule has 1 heterocycles. The molecule has 1 atom stereocenters. The van der Waals surface area contributed by atoms with Gasteiger partial charge in [0.2, 0.25) is 0 Å². The normalized spacial score (nSPS) is 12.1. The van der Waals surface area contributed by atoms with Crippen molar-refractivity contribution in [2.75, 3.05) is 0 Å². The second-order valence-corrected chi connectivity index (χ2v) is 4.73. The van der Waals surface area contributed by atoms with Crippen molar-refractivity contribution in [1.29, 1.82) is 0 Å². The van der Waals surface area contributed by atoms with Crippen LogP contribution in [0, 0.1) is 0 Å². The van der Waals surface area contributed by atoms with Gasteiger partial charge in [-0.05, 0) is 24.1 Å². The quantitative estimate of drug-likeness (QED) is 0.768. The van der Waals surface area contributed by atoms with E-state index in [4.69, 9.17) is 0 Å². The lowest BCUT2D eigenvalue weighted by Crippen LogP contribution is -2.02. The van der Waals surface area contributed by atoms with Crippen molar-refractivity contribution in [3.8, 4) is 0 Å². The Bertz CT molecular complexity index is 534. The lowest BCUT2D eigenvalue weighted by atomic mass is 9.96. The summed E-state index contributed by atoms with van der Waals surface area (Å²) in [5.74, 6) is 0.509. The first-order chi connectivity index (χ1) is 9.20. The Labute approximate surface area is 113 Å². The zero-order valence-corrected chi connectivity index (χ0v) is 11.3. The van der Waals surface area contributed by atoms with Gasteiger partial charge in [0.1, 0.15) is 0 Å². The van der Waals surface area contributed by atoms with Crippen LogP contribution in [-0.2, 0) is 6.42 Å². The largest absolute Gasteiger partial charge is 0.294 e. The minimum Gasteiger partial charge on any atom is -0.294 e. The number of ketones is 1. The molecule has 1 aromatic carbocycles. The molecule has 2 aromatic rings. The average Bonchev–Trinajstić information content (AvgIpc) is 2.48. The number of hydrogen-bond acceptors (Lipinski definition) is 3. The molecule has 98 valence electrons. The molecule has 2 rings (SSSR count). The standard InChI is InChI=1S/C16H18N2O/c1-3-16(19)14-8-6-13(7-9-14)11-12(2)15-5-4-10-17-18-15/h4-10,12H,3,11H2,1-2H3. The average molecular weight is 254 g/mol. The van der Waals surface area contributed by atoms with Crippen LogP contribution >= 0.6 is 0 Å². The van der Waals surface area contributed by atoms with Crippen LogP contribution in [-0.4, -0.2) is 16.0 Å². The molecule has 1 unspecified atom stereocenters. The minimum absolute atomic E-state index is 0.188. The molecule has 1 aromatic heterocycles. The summed E-state index contributed by atoms with van der Waals surface area (Å²) < 4.78 is 0. The highest BCUT2D eigenvalue weighted by Crippen LogP contribution is 2.18. The maximum absolute atomic E-state index is 11.6. The van der Waals surface area contributed by atoms with Crippen LogP contribution in [0.2, 0.25) is 0 Å². The van der Waals surface area contributed by atoms with Crippen LogP contribution in [0.25, 0.3) is 0 Å². The van der Waals surface area contributed by atoms with E-state index in [2.05, 4.69) is 17.1 Å². The summed E-state index contributed by atoms with van der Waals surface area (Å²) in [4.78, 5) is 11.6. The van der Waals surface area contributed by atoms with E-state index < -0.39 is 0 Å². The number of benzene rings is 1. The lowest BCUT2D eigenvalue weighted by Gasteiger charge is -2.10. The van der Waals surface area contributed by atoms with Crippen molar-refractivity contribution in [1.82, 2.24) is 10.2 Å². The third-order valence-corrected chi connectivity index (χ3v) is 3.24. The van der Waals surface area contributed by atoms with E-state index in [0.29, 0.717) is 12.3 Å². The van der Waals surface area contributed by atoms with Gasteiger partial charge in [-0.3, -0.25) is 4.79 Å². The van der Waals surface area contributed by atoms with Crippen molar-refractivity contribution in [3.63, 3.8) is 0 Å². The lowest BCUT2D eigenvalue weighted by molar-refractivity contribution is 0.0988. The first-order valence-corrected chi connectivity index (χ1v) is 6.60. The summed E-state index contributed by atoms with van der Waals surface area (Å²) >= 11 is 0. The van der Waals surface area contributed by atoms with E-state index in [9.17, 15) is 4.79 Å². The first kappa shape index (κ1) is 13.4. The van der Waals surface area contributed by atoms with Crippen molar-refractivity contribution < 1.29 is 4.79 Å². The van der Waals surface area contributed by atoms with E-state index in [1.165, 1.54) is 5.56 Å². The van der Waals surface area contributed by atoms with Gasteiger partial charge in [0.15, 0.2) is 5.78 Å². The maximum atomic E-state index is 11.6. The predicted octanol–water partition coefficient (Wildman–Crippen LogP) is 3.42. The Kier molecular flexibility index (Phi) is 4.39. The number of rotatable bonds is 5. The molecule has 0 aliphatic carbocycles. The van der Waals surface area contributed by atoms with Crippen molar-refractivity contribution in [2.24, 2.45) is 0 Å². The van der Waals surface area contributed by atoms with E-state index in [1.54, 1.807) is 6.20 Å². The van der Waals surface area contributed by atoms with E-state index in [-0.39, 0.29) is 5.78 Å². The van der Waals surface area contributed by atoms with Gasteiger partial charge in [0.05, 0.1) is 5.69 Å². The Balaban J connectivity index is 2.06. The second kappa shape index (κ2) is 6.23. The third-order valence-electron chi connectivity index (χ3n) is 3.24. The molecule has 0 N–H and O–H groups in total. The van der Waals surface area contributed by atoms with E-state index in [0.717, 1.165) is 17.7 Å². The fourth-order valence-corrected chi connectivity index (χ4v) is 2.07. The van der Waals surface area contributed by atoms with Gasteiger partial charge in [-0.2, -0.15) is 10.2 Å². The highest BCUT2D eigenvalue weighted by atomic mass is 16.1. The molecule has 0 spiro atoms. The van der Waals surface area contributed by atoms with Gasteiger partial charge in [0.25, 0.3) is 0 Å². The van der Waals surface area contributed by atoms with Crippen LogP contribution in [0.15, 0.2) is 42.6 Å². The topological polar surface area (TPSA) is 42.9 Å². The molecular formula is C16H18N2O. The molecule has 3 nitrogen and oxygen atoms in total. The SMILES string of the molecule is CCC(=O)c1ccc(CC(C)c2cccnn2)cc1. The molecule has 0 aliphatic heterocycles. The van der Waals surface area contributed by atoms with Gasteiger partial charge in [-0.25, -0.2) is 0 Å². The number of nitrogens with zero attached hydrogens (tertiary/aromatic N) is 2. The Hall–Kier alpha value is -2.03. The van der Waals surface area contributed by atoms with Gasteiger partial charge < -0.3 is 0 Å². The summed E-state index contributed by atoms with van der Waals surface area (Å²) in [6, 6.07) is 11.8. The molecule has 0 radical (unpaired) electrons. The summed E-state index contributed by atoms with van der Waals surface area (Å²) in [7, 11) is 0. The molecular weight excluding hydrogens is 236 g/mol. The van der Waals surface area contributed by atoms with Crippen molar-refractivity contribution >= 4 is 5.78 Å². The van der Waals surface area contributed by atoms with Crippen LogP contribution in [0.1, 0.15) is 47.8 Å². The van der Waals surface area contributed by atoms with E-state index >= 15 is 0 Å². The minimum atomic E-state index is 0.188. The Morgan fingerprint density at radius 3 is 2.53 bits per heavy atom. The smallest absolute Gasteiger partial charge is 0.162 e. The monoisotopic (exact) mass is 254 g/mol. The Morgan fingerprint density at radius 2 is 1.95 bits per heavy atom. The molecule has 0 fully saturated rings. The number of carbonyl (C=O) groups excluding carboxylic acids is 1. The van der Waals surface area contributed by atoms with Gasteiger partial charge in [0, 0.05) is 24.1 Å². The third kappa shape index (κ3) is 3.47. The summed E-state index contributed by atoms with van der Waals surface area (Å²) in [6.07, 6.45) is 3.13. The predicted molar refractivity (Wildman–Crippen MR) is 75.2 cm³/mol. The zero-order valence-electron chi connectivity index (χ0n) is 11.3. The molecule has 0 aliphatic rings. The van der Waals surface area contributed by atoms with Crippen LogP contribution in [0.5, 0.6) is 0 Å². The van der Waals surface area contributed by atoms with Crippen molar-refractivity contribution in [3.05, 3.63) is 59.4 Å². The molecule has 0 saturated carbocycles. The molecule has 0 amide bonds. The molecule has 3 heteroatoms. The summed E-state index contributed by atoms with van der Waals surface area (Å²) in [5, 5.41) is 8.03. The summed E-state index contributed by atoms with van der Waals surface area (Å²) in [5.41, 5.74) is 3.00. The first-order valence-electron chi connectivity index (χ1n) is 6.60. The number of aromatic nitrogens is 2. The fourth-order valence-electron chi connectivity index (χ4n) is 2.07.